The Hall–Kier alpha value is -2.26. The first-order valence-electron chi connectivity index (χ1n) is 7.82. The van der Waals surface area contributed by atoms with Crippen LogP contribution in [0.25, 0.3) is 6.08 Å². The molecular formula is C20H21ClO3. The number of halogens is 1. The number of methoxy groups -OCH3 is 2. The van der Waals surface area contributed by atoms with Crippen molar-refractivity contribution < 1.29 is 14.3 Å². The molecule has 126 valence electrons. The molecule has 24 heavy (non-hydrogen) atoms. The van der Waals surface area contributed by atoms with E-state index in [4.69, 9.17) is 21.1 Å². The van der Waals surface area contributed by atoms with Crippen molar-refractivity contribution in [3.05, 3.63) is 64.2 Å². The van der Waals surface area contributed by atoms with Gasteiger partial charge in [0.15, 0.2) is 17.3 Å². The second-order valence-corrected chi connectivity index (χ2v) is 5.77. The van der Waals surface area contributed by atoms with Crippen molar-refractivity contribution in [1.29, 1.82) is 0 Å². The third kappa shape index (κ3) is 4.18. The smallest absolute Gasteiger partial charge is 0.185 e. The van der Waals surface area contributed by atoms with Crippen molar-refractivity contribution in [1.82, 2.24) is 0 Å². The summed E-state index contributed by atoms with van der Waals surface area (Å²) in [6.45, 7) is 2.12. The van der Waals surface area contributed by atoms with Crippen LogP contribution in [0.4, 0.5) is 0 Å². The third-order valence-corrected chi connectivity index (χ3v) is 3.95. The van der Waals surface area contributed by atoms with E-state index in [1.165, 1.54) is 6.08 Å². The maximum Gasteiger partial charge on any atom is 0.185 e. The van der Waals surface area contributed by atoms with Crippen LogP contribution in [-0.2, 0) is 6.42 Å². The largest absolute Gasteiger partial charge is 0.493 e. The molecule has 0 aliphatic rings. The molecule has 0 radical (unpaired) electrons. The molecule has 0 aliphatic heterocycles. The van der Waals surface area contributed by atoms with Gasteiger partial charge >= 0.3 is 0 Å². The summed E-state index contributed by atoms with van der Waals surface area (Å²) in [5.74, 6) is 1.27. The lowest BCUT2D eigenvalue weighted by Crippen LogP contribution is -1.99. The Balaban J connectivity index is 2.31. The zero-order chi connectivity index (χ0) is 17.5. The molecule has 2 aromatic carbocycles. The van der Waals surface area contributed by atoms with E-state index < -0.39 is 0 Å². The lowest BCUT2D eigenvalue weighted by Gasteiger charge is -2.14. The van der Waals surface area contributed by atoms with Gasteiger partial charge in [-0.15, -0.1) is 0 Å². The Labute approximate surface area is 147 Å². The van der Waals surface area contributed by atoms with Crippen LogP contribution >= 0.6 is 11.6 Å². The normalized spacial score (nSPS) is 10.8. The average Bonchev–Trinajstić information content (AvgIpc) is 2.60. The molecule has 0 aromatic heterocycles. The van der Waals surface area contributed by atoms with E-state index in [2.05, 4.69) is 6.92 Å². The van der Waals surface area contributed by atoms with Gasteiger partial charge in [0.1, 0.15) is 0 Å². The molecule has 0 heterocycles. The van der Waals surface area contributed by atoms with E-state index >= 15 is 0 Å². The van der Waals surface area contributed by atoms with Crippen LogP contribution < -0.4 is 9.47 Å². The number of rotatable bonds is 7. The van der Waals surface area contributed by atoms with Gasteiger partial charge in [-0.25, -0.2) is 0 Å². The van der Waals surface area contributed by atoms with Gasteiger partial charge in [-0.3, -0.25) is 4.79 Å². The van der Waals surface area contributed by atoms with Gasteiger partial charge in [0.05, 0.1) is 14.2 Å². The molecule has 2 rings (SSSR count). The Morgan fingerprint density at radius 2 is 1.71 bits per heavy atom. The minimum Gasteiger partial charge on any atom is -0.493 e. The van der Waals surface area contributed by atoms with Crippen LogP contribution in [0.2, 0.25) is 5.02 Å². The van der Waals surface area contributed by atoms with Crippen LogP contribution in [0.3, 0.4) is 0 Å². The Morgan fingerprint density at radius 3 is 2.29 bits per heavy atom. The van der Waals surface area contributed by atoms with Crippen molar-refractivity contribution in [2.45, 2.75) is 19.8 Å². The van der Waals surface area contributed by atoms with E-state index in [-0.39, 0.29) is 5.78 Å². The number of ether oxygens (including phenoxy) is 2. The maximum absolute atomic E-state index is 12.3. The first-order chi connectivity index (χ1) is 11.6. The summed E-state index contributed by atoms with van der Waals surface area (Å²) >= 11 is 5.84. The molecule has 0 saturated carbocycles. The van der Waals surface area contributed by atoms with Gasteiger partial charge in [0, 0.05) is 16.1 Å². The minimum atomic E-state index is -0.0923. The van der Waals surface area contributed by atoms with E-state index in [9.17, 15) is 4.79 Å². The predicted octanol–water partition coefficient (Wildman–Crippen LogP) is 5.21. The highest BCUT2D eigenvalue weighted by Gasteiger charge is 2.13. The number of aryl methyl sites for hydroxylation is 1. The molecule has 0 spiro atoms. The second-order valence-electron chi connectivity index (χ2n) is 5.33. The zero-order valence-corrected chi connectivity index (χ0v) is 14.9. The number of allylic oxidation sites excluding steroid dienone is 1. The molecule has 4 heteroatoms. The monoisotopic (exact) mass is 344 g/mol. The summed E-state index contributed by atoms with van der Waals surface area (Å²) in [7, 11) is 3.23. The summed E-state index contributed by atoms with van der Waals surface area (Å²) < 4.78 is 11.0. The molecule has 0 unspecified atom stereocenters. The highest BCUT2D eigenvalue weighted by molar-refractivity contribution is 6.30. The summed E-state index contributed by atoms with van der Waals surface area (Å²) in [6, 6.07) is 10.8. The maximum atomic E-state index is 12.3. The fourth-order valence-corrected chi connectivity index (χ4v) is 2.65. The second kappa shape index (κ2) is 8.55. The lowest BCUT2D eigenvalue weighted by molar-refractivity contribution is 0.104. The van der Waals surface area contributed by atoms with Crippen molar-refractivity contribution in [3.63, 3.8) is 0 Å². The van der Waals surface area contributed by atoms with Crippen LogP contribution in [0.5, 0.6) is 11.5 Å². The molecule has 3 nitrogen and oxygen atoms in total. The number of hydrogen-bond donors (Lipinski definition) is 0. The molecule has 0 amide bonds. The molecule has 0 fully saturated rings. The predicted molar refractivity (Wildman–Crippen MR) is 98.4 cm³/mol. The van der Waals surface area contributed by atoms with Gasteiger partial charge < -0.3 is 9.47 Å². The first kappa shape index (κ1) is 18.1. The summed E-state index contributed by atoms with van der Waals surface area (Å²) in [6.07, 6.45) is 5.20. The fraction of sp³-hybridized carbons (Fsp3) is 0.250. The van der Waals surface area contributed by atoms with Crippen LogP contribution in [-0.4, -0.2) is 20.0 Å². The van der Waals surface area contributed by atoms with Gasteiger partial charge in [-0.1, -0.05) is 37.1 Å². The quantitative estimate of drug-likeness (QED) is 0.511. The molecular weight excluding hydrogens is 324 g/mol. The highest BCUT2D eigenvalue weighted by atomic mass is 35.5. The Morgan fingerprint density at radius 1 is 1.04 bits per heavy atom. The average molecular weight is 345 g/mol. The van der Waals surface area contributed by atoms with E-state index in [1.54, 1.807) is 44.6 Å². The van der Waals surface area contributed by atoms with Crippen molar-refractivity contribution in [2.24, 2.45) is 0 Å². The SMILES string of the molecule is CCCc1ccc(C=CC(=O)c2ccc(Cl)cc2)c(OC)c1OC. The lowest BCUT2D eigenvalue weighted by atomic mass is 10.0. The molecule has 0 aliphatic carbocycles. The summed E-state index contributed by atoms with van der Waals surface area (Å²) in [5, 5.41) is 0.605. The fourth-order valence-electron chi connectivity index (χ4n) is 2.53. The van der Waals surface area contributed by atoms with Gasteiger partial charge in [-0.05, 0) is 48.4 Å². The summed E-state index contributed by atoms with van der Waals surface area (Å²) in [5.41, 5.74) is 2.48. The van der Waals surface area contributed by atoms with E-state index in [0.717, 1.165) is 29.7 Å². The minimum absolute atomic E-state index is 0.0923. The summed E-state index contributed by atoms with van der Waals surface area (Å²) in [4.78, 5) is 12.3. The van der Waals surface area contributed by atoms with Crippen LogP contribution in [0.15, 0.2) is 42.5 Å². The van der Waals surface area contributed by atoms with Crippen LogP contribution in [0, 0.1) is 0 Å². The number of benzene rings is 2. The Bertz CT molecular complexity index is 733. The van der Waals surface area contributed by atoms with E-state index in [0.29, 0.717) is 16.3 Å². The highest BCUT2D eigenvalue weighted by Crippen LogP contribution is 2.36. The van der Waals surface area contributed by atoms with Gasteiger partial charge in [-0.2, -0.15) is 0 Å². The zero-order valence-electron chi connectivity index (χ0n) is 14.1. The number of carbonyl (C=O) groups is 1. The van der Waals surface area contributed by atoms with Gasteiger partial charge in [0.25, 0.3) is 0 Å². The Kier molecular flexibility index (Phi) is 6.44. The van der Waals surface area contributed by atoms with Crippen LogP contribution in [0.1, 0.15) is 34.8 Å². The van der Waals surface area contributed by atoms with Crippen molar-refractivity contribution in [3.8, 4) is 11.5 Å². The number of ketones is 1. The topological polar surface area (TPSA) is 35.5 Å². The van der Waals surface area contributed by atoms with Crippen molar-refractivity contribution >= 4 is 23.5 Å². The molecule has 2 aromatic rings. The molecule has 0 bridgehead atoms. The standard InChI is InChI=1S/C20H21ClO3/c1-4-5-15-6-7-16(20(24-3)19(15)23-2)10-13-18(22)14-8-11-17(21)12-9-14/h6-13H,4-5H2,1-3H3. The number of carbonyl (C=O) groups excluding carboxylic acids is 1. The third-order valence-electron chi connectivity index (χ3n) is 3.69. The molecule has 0 N–H and O–H groups in total. The molecule has 0 saturated heterocycles. The first-order valence-corrected chi connectivity index (χ1v) is 8.20. The van der Waals surface area contributed by atoms with E-state index in [1.807, 2.05) is 12.1 Å². The number of hydrogen-bond acceptors (Lipinski definition) is 3. The van der Waals surface area contributed by atoms with Crippen molar-refractivity contribution in [2.75, 3.05) is 14.2 Å². The molecule has 0 atom stereocenters. The van der Waals surface area contributed by atoms with Gasteiger partial charge in [0.2, 0.25) is 0 Å².